The van der Waals surface area contributed by atoms with Crippen LogP contribution in [0.15, 0.2) is 24.3 Å². The van der Waals surface area contributed by atoms with Crippen molar-refractivity contribution in [2.75, 3.05) is 0 Å². The molecule has 84 valence electrons. The third kappa shape index (κ3) is 1.47. The number of fused-ring (bicyclic) bond motifs is 1. The number of aryl methyl sites for hydroxylation is 1. The van der Waals surface area contributed by atoms with Crippen molar-refractivity contribution in [3.05, 3.63) is 35.5 Å². The Labute approximate surface area is 92.7 Å². The number of nitrogens with zero attached hydrogens (tertiary/aromatic N) is 1. The van der Waals surface area contributed by atoms with Gasteiger partial charge in [0.05, 0.1) is 12.2 Å². The van der Waals surface area contributed by atoms with E-state index in [1.807, 2.05) is 17.6 Å². The number of aromatic carboxylic acids is 1. The average molecular weight is 219 g/mol. The fourth-order valence-electron chi connectivity index (χ4n) is 2.03. The molecule has 0 bridgehead atoms. The molecule has 0 atom stereocenters. The molecule has 0 aliphatic rings. The van der Waals surface area contributed by atoms with E-state index in [2.05, 4.69) is 0 Å². The van der Waals surface area contributed by atoms with Gasteiger partial charge in [0, 0.05) is 23.1 Å². The Bertz CT molecular complexity index is 542. The number of rotatable bonds is 3. The number of carbonyl (C=O) groups is 1. The SMILES string of the molecule is CCn1c(CO)cc2c(C(=O)O)cccc21. The summed E-state index contributed by atoms with van der Waals surface area (Å²) in [6, 6.07) is 6.90. The van der Waals surface area contributed by atoms with E-state index < -0.39 is 5.97 Å². The molecule has 4 heteroatoms. The minimum Gasteiger partial charge on any atom is -0.478 e. The molecule has 1 heterocycles. The summed E-state index contributed by atoms with van der Waals surface area (Å²) in [6.45, 7) is 2.59. The Morgan fingerprint density at radius 1 is 1.44 bits per heavy atom. The van der Waals surface area contributed by atoms with Crippen LogP contribution in [0.3, 0.4) is 0 Å². The number of aliphatic hydroxyl groups excluding tert-OH is 1. The van der Waals surface area contributed by atoms with Crippen LogP contribution in [0.25, 0.3) is 10.9 Å². The Morgan fingerprint density at radius 3 is 2.75 bits per heavy atom. The van der Waals surface area contributed by atoms with E-state index in [1.165, 1.54) is 0 Å². The van der Waals surface area contributed by atoms with Gasteiger partial charge in [-0.1, -0.05) is 6.07 Å². The largest absolute Gasteiger partial charge is 0.478 e. The zero-order valence-electron chi connectivity index (χ0n) is 8.97. The summed E-state index contributed by atoms with van der Waals surface area (Å²) in [6.07, 6.45) is 0. The van der Waals surface area contributed by atoms with Gasteiger partial charge in [0.2, 0.25) is 0 Å². The van der Waals surface area contributed by atoms with Gasteiger partial charge < -0.3 is 14.8 Å². The number of aromatic nitrogens is 1. The van der Waals surface area contributed by atoms with Crippen molar-refractivity contribution in [3.8, 4) is 0 Å². The molecular weight excluding hydrogens is 206 g/mol. The van der Waals surface area contributed by atoms with Crippen LogP contribution in [0, 0.1) is 0 Å². The standard InChI is InChI=1S/C12H13NO3/c1-2-13-8(7-14)6-10-9(12(15)16)4-3-5-11(10)13/h3-6,14H,2,7H2,1H3,(H,15,16). The molecule has 0 fully saturated rings. The smallest absolute Gasteiger partial charge is 0.336 e. The first-order chi connectivity index (χ1) is 7.69. The van der Waals surface area contributed by atoms with Gasteiger partial charge in [-0.15, -0.1) is 0 Å². The lowest BCUT2D eigenvalue weighted by atomic mass is 10.1. The van der Waals surface area contributed by atoms with Crippen molar-refractivity contribution in [3.63, 3.8) is 0 Å². The normalized spacial score (nSPS) is 10.9. The van der Waals surface area contributed by atoms with E-state index in [4.69, 9.17) is 5.11 Å². The van der Waals surface area contributed by atoms with Gasteiger partial charge in [-0.2, -0.15) is 0 Å². The van der Waals surface area contributed by atoms with Gasteiger partial charge in [0.15, 0.2) is 0 Å². The van der Waals surface area contributed by atoms with Gasteiger partial charge >= 0.3 is 5.97 Å². The van der Waals surface area contributed by atoms with Crippen molar-refractivity contribution >= 4 is 16.9 Å². The molecule has 1 aromatic heterocycles. The highest BCUT2D eigenvalue weighted by atomic mass is 16.4. The van der Waals surface area contributed by atoms with Crippen LogP contribution >= 0.6 is 0 Å². The molecule has 0 aliphatic heterocycles. The molecule has 0 radical (unpaired) electrons. The molecule has 0 unspecified atom stereocenters. The molecule has 0 saturated carbocycles. The van der Waals surface area contributed by atoms with Crippen LogP contribution in [0.4, 0.5) is 0 Å². The molecule has 0 amide bonds. The second kappa shape index (κ2) is 3.98. The molecule has 1 aromatic carbocycles. The second-order valence-electron chi connectivity index (χ2n) is 3.58. The Kier molecular flexibility index (Phi) is 2.66. The third-order valence-electron chi connectivity index (χ3n) is 2.74. The molecule has 2 aromatic rings. The Balaban J connectivity index is 2.80. The average Bonchev–Trinajstić information content (AvgIpc) is 2.65. The van der Waals surface area contributed by atoms with Crippen LogP contribution in [0.1, 0.15) is 23.0 Å². The van der Waals surface area contributed by atoms with Crippen molar-refractivity contribution in [2.45, 2.75) is 20.1 Å². The highest BCUT2D eigenvalue weighted by Crippen LogP contribution is 2.23. The summed E-state index contributed by atoms with van der Waals surface area (Å²) in [5.74, 6) is -0.941. The molecule has 2 N–H and O–H groups in total. The summed E-state index contributed by atoms with van der Waals surface area (Å²) >= 11 is 0. The van der Waals surface area contributed by atoms with Crippen LogP contribution in [0.2, 0.25) is 0 Å². The monoisotopic (exact) mass is 219 g/mol. The van der Waals surface area contributed by atoms with Crippen LogP contribution < -0.4 is 0 Å². The van der Waals surface area contributed by atoms with Crippen molar-refractivity contribution in [1.82, 2.24) is 4.57 Å². The number of benzene rings is 1. The minimum absolute atomic E-state index is 0.0818. The quantitative estimate of drug-likeness (QED) is 0.828. The van der Waals surface area contributed by atoms with E-state index >= 15 is 0 Å². The Hall–Kier alpha value is -1.81. The predicted molar refractivity (Wildman–Crippen MR) is 60.5 cm³/mol. The van der Waals surface area contributed by atoms with E-state index in [-0.39, 0.29) is 12.2 Å². The molecule has 0 spiro atoms. The van der Waals surface area contributed by atoms with Gasteiger partial charge in [-0.05, 0) is 25.1 Å². The molecule has 16 heavy (non-hydrogen) atoms. The first-order valence-electron chi connectivity index (χ1n) is 5.14. The zero-order chi connectivity index (χ0) is 11.7. The lowest BCUT2D eigenvalue weighted by Gasteiger charge is -2.05. The number of aliphatic hydroxyl groups is 1. The highest BCUT2D eigenvalue weighted by molar-refractivity contribution is 6.03. The van der Waals surface area contributed by atoms with E-state index in [9.17, 15) is 9.90 Å². The maximum Gasteiger partial charge on any atom is 0.336 e. The fourth-order valence-corrected chi connectivity index (χ4v) is 2.03. The topological polar surface area (TPSA) is 62.5 Å². The summed E-state index contributed by atoms with van der Waals surface area (Å²) in [4.78, 5) is 11.0. The van der Waals surface area contributed by atoms with Crippen molar-refractivity contribution in [1.29, 1.82) is 0 Å². The Morgan fingerprint density at radius 2 is 2.19 bits per heavy atom. The number of carboxylic acid groups (broad SMARTS) is 1. The van der Waals surface area contributed by atoms with Gasteiger partial charge in [0.1, 0.15) is 0 Å². The summed E-state index contributed by atoms with van der Waals surface area (Å²) in [5.41, 5.74) is 1.87. The minimum atomic E-state index is -0.941. The number of carboxylic acids is 1. The maximum absolute atomic E-state index is 11.0. The lowest BCUT2D eigenvalue weighted by Crippen LogP contribution is -2.00. The summed E-state index contributed by atoms with van der Waals surface area (Å²) in [5, 5.41) is 18.9. The van der Waals surface area contributed by atoms with E-state index in [0.717, 1.165) is 11.2 Å². The van der Waals surface area contributed by atoms with Crippen LogP contribution in [-0.2, 0) is 13.2 Å². The molecular formula is C12H13NO3. The van der Waals surface area contributed by atoms with Crippen LogP contribution in [0.5, 0.6) is 0 Å². The van der Waals surface area contributed by atoms with E-state index in [1.54, 1.807) is 18.2 Å². The summed E-state index contributed by atoms with van der Waals surface area (Å²) < 4.78 is 1.92. The van der Waals surface area contributed by atoms with Gasteiger partial charge in [-0.3, -0.25) is 0 Å². The molecule has 2 rings (SSSR count). The number of hydrogen-bond donors (Lipinski definition) is 2. The second-order valence-corrected chi connectivity index (χ2v) is 3.58. The number of hydrogen-bond acceptors (Lipinski definition) is 2. The predicted octanol–water partition coefficient (Wildman–Crippen LogP) is 1.85. The fraction of sp³-hybridized carbons (Fsp3) is 0.250. The van der Waals surface area contributed by atoms with Crippen molar-refractivity contribution < 1.29 is 15.0 Å². The first kappa shape index (κ1) is 10.7. The van der Waals surface area contributed by atoms with Gasteiger partial charge in [0.25, 0.3) is 0 Å². The maximum atomic E-state index is 11.0. The lowest BCUT2D eigenvalue weighted by molar-refractivity contribution is 0.0699. The molecule has 0 saturated heterocycles. The molecule has 4 nitrogen and oxygen atoms in total. The first-order valence-corrected chi connectivity index (χ1v) is 5.14. The van der Waals surface area contributed by atoms with Crippen LogP contribution in [-0.4, -0.2) is 20.7 Å². The van der Waals surface area contributed by atoms with Gasteiger partial charge in [-0.25, -0.2) is 4.79 Å². The zero-order valence-corrected chi connectivity index (χ0v) is 8.97. The van der Waals surface area contributed by atoms with E-state index in [0.29, 0.717) is 11.9 Å². The van der Waals surface area contributed by atoms with Crippen molar-refractivity contribution in [2.24, 2.45) is 0 Å². The molecule has 0 aliphatic carbocycles. The highest BCUT2D eigenvalue weighted by Gasteiger charge is 2.13. The third-order valence-corrected chi connectivity index (χ3v) is 2.74. The summed E-state index contributed by atoms with van der Waals surface area (Å²) in [7, 11) is 0.